The summed E-state index contributed by atoms with van der Waals surface area (Å²) >= 11 is 5.72. The number of aliphatic hydroxyl groups excluding tert-OH is 1. The zero-order valence-electron chi connectivity index (χ0n) is 10.5. The molecule has 0 aliphatic rings. The van der Waals surface area contributed by atoms with Crippen LogP contribution in [-0.2, 0) is 6.18 Å². The van der Waals surface area contributed by atoms with Gasteiger partial charge in [-0.1, -0.05) is 23.7 Å². The van der Waals surface area contributed by atoms with Crippen molar-refractivity contribution in [3.05, 3.63) is 63.9 Å². The molecule has 0 amide bonds. The molecular formula is C14H10ClF4NO. The lowest BCUT2D eigenvalue weighted by atomic mass is 9.98. The van der Waals surface area contributed by atoms with Gasteiger partial charge >= 0.3 is 6.18 Å². The van der Waals surface area contributed by atoms with E-state index in [2.05, 4.69) is 0 Å². The molecule has 21 heavy (non-hydrogen) atoms. The van der Waals surface area contributed by atoms with Crippen molar-refractivity contribution in [2.45, 2.75) is 12.3 Å². The van der Waals surface area contributed by atoms with Crippen LogP contribution in [0.5, 0.6) is 0 Å². The summed E-state index contributed by atoms with van der Waals surface area (Å²) in [6.45, 7) is 0. The summed E-state index contributed by atoms with van der Waals surface area (Å²) in [6, 6.07) is 6.52. The van der Waals surface area contributed by atoms with Crippen LogP contribution < -0.4 is 5.73 Å². The molecule has 112 valence electrons. The Balaban J connectivity index is 2.40. The number of nitrogen functional groups attached to an aromatic ring is 1. The van der Waals surface area contributed by atoms with Crippen LogP contribution in [-0.4, -0.2) is 5.11 Å². The van der Waals surface area contributed by atoms with E-state index in [9.17, 15) is 22.7 Å². The van der Waals surface area contributed by atoms with Gasteiger partial charge in [0.2, 0.25) is 0 Å². The molecule has 1 unspecified atom stereocenters. The lowest BCUT2D eigenvalue weighted by Gasteiger charge is -2.16. The van der Waals surface area contributed by atoms with Crippen molar-refractivity contribution in [3.63, 3.8) is 0 Å². The average Bonchev–Trinajstić information content (AvgIpc) is 2.36. The van der Waals surface area contributed by atoms with Gasteiger partial charge in [-0.05, 0) is 29.8 Å². The number of alkyl halides is 3. The Bertz CT molecular complexity index is 673. The van der Waals surface area contributed by atoms with Gasteiger partial charge in [-0.3, -0.25) is 0 Å². The second-order valence-corrected chi connectivity index (χ2v) is 4.85. The molecular weight excluding hydrogens is 310 g/mol. The van der Waals surface area contributed by atoms with E-state index < -0.39 is 23.7 Å². The van der Waals surface area contributed by atoms with E-state index >= 15 is 0 Å². The molecule has 3 N–H and O–H groups in total. The number of rotatable bonds is 2. The van der Waals surface area contributed by atoms with Crippen LogP contribution in [0.15, 0.2) is 36.4 Å². The quantitative estimate of drug-likeness (QED) is 0.645. The Morgan fingerprint density at radius 2 is 1.76 bits per heavy atom. The molecule has 0 bridgehead atoms. The summed E-state index contributed by atoms with van der Waals surface area (Å²) in [6.07, 6.45) is -6.13. The molecule has 1 atom stereocenters. The number of halogens is 5. The van der Waals surface area contributed by atoms with Crippen molar-refractivity contribution in [2.75, 3.05) is 5.73 Å². The highest BCUT2D eigenvalue weighted by Crippen LogP contribution is 2.34. The predicted molar refractivity (Wildman–Crippen MR) is 71.3 cm³/mol. The van der Waals surface area contributed by atoms with E-state index in [1.54, 1.807) is 0 Å². The number of hydrogen-bond donors (Lipinski definition) is 2. The molecule has 0 aliphatic heterocycles. The lowest BCUT2D eigenvalue weighted by molar-refractivity contribution is -0.140. The van der Waals surface area contributed by atoms with E-state index in [0.29, 0.717) is 17.2 Å². The van der Waals surface area contributed by atoms with E-state index in [1.165, 1.54) is 18.2 Å². The van der Waals surface area contributed by atoms with E-state index in [0.717, 1.165) is 6.07 Å². The molecule has 2 aromatic rings. The lowest BCUT2D eigenvalue weighted by Crippen LogP contribution is -2.10. The number of anilines is 1. The Kier molecular flexibility index (Phi) is 4.11. The van der Waals surface area contributed by atoms with Gasteiger partial charge in [0.25, 0.3) is 0 Å². The fourth-order valence-electron chi connectivity index (χ4n) is 1.91. The first-order chi connectivity index (χ1) is 9.70. The minimum atomic E-state index is -4.78. The van der Waals surface area contributed by atoms with Gasteiger partial charge in [0.05, 0.1) is 5.56 Å². The van der Waals surface area contributed by atoms with Gasteiger partial charge in [0.15, 0.2) is 0 Å². The molecule has 2 nitrogen and oxygen atoms in total. The maximum atomic E-state index is 13.5. The van der Waals surface area contributed by atoms with Gasteiger partial charge in [-0.2, -0.15) is 13.2 Å². The smallest absolute Gasteiger partial charge is 0.398 e. The zero-order valence-corrected chi connectivity index (χ0v) is 11.2. The first kappa shape index (κ1) is 15.6. The van der Waals surface area contributed by atoms with E-state index in [-0.39, 0.29) is 16.8 Å². The summed E-state index contributed by atoms with van der Waals surface area (Å²) in [5.74, 6) is -1.45. The van der Waals surface area contributed by atoms with Crippen LogP contribution in [0.25, 0.3) is 0 Å². The highest BCUT2D eigenvalue weighted by atomic mass is 35.5. The summed E-state index contributed by atoms with van der Waals surface area (Å²) in [5.41, 5.74) is 4.66. The van der Waals surface area contributed by atoms with Crippen LogP contribution in [0.4, 0.5) is 23.2 Å². The third-order valence-electron chi connectivity index (χ3n) is 2.96. The van der Waals surface area contributed by atoms with Gasteiger partial charge < -0.3 is 10.8 Å². The first-order valence-electron chi connectivity index (χ1n) is 5.80. The highest BCUT2D eigenvalue weighted by Gasteiger charge is 2.34. The molecule has 0 aromatic heterocycles. The molecule has 0 aliphatic carbocycles. The van der Waals surface area contributed by atoms with Crippen LogP contribution >= 0.6 is 11.6 Å². The fraction of sp³-hybridized carbons (Fsp3) is 0.143. The minimum absolute atomic E-state index is 0.0328. The Morgan fingerprint density at radius 3 is 2.29 bits per heavy atom. The molecule has 0 fully saturated rings. The second-order valence-electron chi connectivity index (χ2n) is 4.41. The summed E-state index contributed by atoms with van der Waals surface area (Å²) < 4.78 is 50.9. The maximum Gasteiger partial charge on any atom is 0.419 e. The molecule has 0 heterocycles. The van der Waals surface area contributed by atoms with Crippen molar-refractivity contribution in [1.82, 2.24) is 0 Å². The monoisotopic (exact) mass is 319 g/mol. The maximum absolute atomic E-state index is 13.5. The largest absolute Gasteiger partial charge is 0.419 e. The second kappa shape index (κ2) is 5.54. The standard InChI is InChI=1S/C14H10ClF4NO/c15-8-2-3-9(12(20)6-8)13(21)7-1-4-10(11(16)5-7)14(17,18)19/h1-6,13,21H,20H2. The Morgan fingerprint density at radius 1 is 1.10 bits per heavy atom. The third kappa shape index (κ3) is 3.28. The zero-order chi connectivity index (χ0) is 15.8. The van der Waals surface area contributed by atoms with Gasteiger partial charge in [-0.25, -0.2) is 4.39 Å². The number of nitrogens with two attached hydrogens (primary N) is 1. The van der Waals surface area contributed by atoms with Crippen LogP contribution in [0, 0.1) is 5.82 Å². The van der Waals surface area contributed by atoms with Crippen molar-refractivity contribution in [2.24, 2.45) is 0 Å². The Labute approximate surface area is 122 Å². The normalized spacial score (nSPS) is 13.2. The first-order valence-corrected chi connectivity index (χ1v) is 6.17. The van der Waals surface area contributed by atoms with Crippen molar-refractivity contribution in [3.8, 4) is 0 Å². The predicted octanol–water partition coefficient (Wildman–Crippen LogP) is 4.16. The van der Waals surface area contributed by atoms with Gasteiger partial charge in [0, 0.05) is 16.3 Å². The SMILES string of the molecule is Nc1cc(Cl)ccc1C(O)c1ccc(C(F)(F)F)c(F)c1. The molecule has 2 rings (SSSR count). The average molecular weight is 320 g/mol. The molecule has 0 radical (unpaired) electrons. The summed E-state index contributed by atoms with van der Waals surface area (Å²) in [4.78, 5) is 0. The van der Waals surface area contributed by atoms with Gasteiger partial charge in [0.1, 0.15) is 11.9 Å². The minimum Gasteiger partial charge on any atom is -0.398 e. The van der Waals surface area contributed by atoms with E-state index in [4.69, 9.17) is 17.3 Å². The van der Waals surface area contributed by atoms with Gasteiger partial charge in [-0.15, -0.1) is 0 Å². The number of benzene rings is 2. The Hall–Kier alpha value is -1.79. The third-order valence-corrected chi connectivity index (χ3v) is 3.19. The van der Waals surface area contributed by atoms with Crippen LogP contribution in [0.3, 0.4) is 0 Å². The van der Waals surface area contributed by atoms with Crippen LogP contribution in [0.1, 0.15) is 22.8 Å². The van der Waals surface area contributed by atoms with Crippen molar-refractivity contribution < 1.29 is 22.7 Å². The highest BCUT2D eigenvalue weighted by molar-refractivity contribution is 6.30. The topological polar surface area (TPSA) is 46.2 Å². The summed E-state index contributed by atoms with van der Waals surface area (Å²) in [5, 5.41) is 10.5. The molecule has 0 saturated heterocycles. The molecule has 0 saturated carbocycles. The molecule has 0 spiro atoms. The fourth-order valence-corrected chi connectivity index (χ4v) is 2.09. The van der Waals surface area contributed by atoms with Crippen molar-refractivity contribution >= 4 is 17.3 Å². The number of hydrogen-bond acceptors (Lipinski definition) is 2. The summed E-state index contributed by atoms with van der Waals surface area (Å²) in [7, 11) is 0. The number of aliphatic hydroxyl groups is 1. The molecule has 2 aromatic carbocycles. The van der Waals surface area contributed by atoms with E-state index in [1.807, 2.05) is 0 Å². The van der Waals surface area contributed by atoms with Crippen molar-refractivity contribution in [1.29, 1.82) is 0 Å². The van der Waals surface area contributed by atoms with Crippen LogP contribution in [0.2, 0.25) is 5.02 Å². The molecule has 7 heteroatoms.